The van der Waals surface area contributed by atoms with E-state index in [2.05, 4.69) is 11.6 Å². The molecule has 0 aliphatic rings. The summed E-state index contributed by atoms with van der Waals surface area (Å²) in [5.41, 5.74) is 0.952. The van der Waals surface area contributed by atoms with Gasteiger partial charge < -0.3 is 0 Å². The molecule has 1 unspecified atom stereocenters. The summed E-state index contributed by atoms with van der Waals surface area (Å²) in [6.07, 6.45) is 0.985. The van der Waals surface area contributed by atoms with Gasteiger partial charge in [-0.05, 0) is 44.7 Å². The minimum Gasteiger partial charge on any atom is -0.242 e. The third-order valence-electron chi connectivity index (χ3n) is 3.95. The Bertz CT molecular complexity index is 591. The number of halogens is 3. The van der Waals surface area contributed by atoms with Gasteiger partial charge in [0.1, 0.15) is 6.04 Å². The fraction of sp³-hybridized carbons (Fsp3) is 0.600. The fourth-order valence-corrected chi connectivity index (χ4v) is 3.31. The van der Waals surface area contributed by atoms with Crippen LogP contribution in [-0.2, 0) is 11.0 Å². The van der Waals surface area contributed by atoms with Gasteiger partial charge in [-0.15, -0.1) is 0 Å². The van der Waals surface area contributed by atoms with Crippen LogP contribution in [0, 0.1) is 0 Å². The van der Waals surface area contributed by atoms with E-state index in [0.717, 1.165) is 24.8 Å². The average Bonchev–Trinajstić information content (AvgIpc) is 2.54. The highest BCUT2D eigenvalue weighted by Crippen LogP contribution is 2.31. The fourth-order valence-electron chi connectivity index (χ4n) is 2.46. The molecule has 0 heterocycles. The summed E-state index contributed by atoms with van der Waals surface area (Å²) >= 11 is 0. The van der Waals surface area contributed by atoms with E-state index in [9.17, 15) is 17.4 Å². The zero-order valence-electron chi connectivity index (χ0n) is 16.0. The molecule has 148 valence electrons. The lowest BCUT2D eigenvalue weighted by Crippen LogP contribution is -2.48. The van der Waals surface area contributed by atoms with Gasteiger partial charge in [-0.2, -0.15) is 13.2 Å². The van der Waals surface area contributed by atoms with E-state index in [0.29, 0.717) is 12.8 Å². The third-order valence-corrected chi connectivity index (χ3v) is 5.51. The highest BCUT2D eigenvalue weighted by atomic mass is 32.2. The van der Waals surface area contributed by atoms with Gasteiger partial charge in [0.25, 0.3) is 0 Å². The van der Waals surface area contributed by atoms with Crippen molar-refractivity contribution in [1.82, 2.24) is 4.72 Å². The van der Waals surface area contributed by atoms with E-state index < -0.39 is 28.0 Å². The number of hydrogen-bond donors (Lipinski definition) is 1. The van der Waals surface area contributed by atoms with Crippen molar-refractivity contribution >= 4 is 17.1 Å². The van der Waals surface area contributed by atoms with Crippen LogP contribution in [0.3, 0.4) is 0 Å². The first-order chi connectivity index (χ1) is 12.1. The second-order valence-electron chi connectivity index (χ2n) is 7.41. The molecule has 2 atom stereocenters. The van der Waals surface area contributed by atoms with Gasteiger partial charge in [0.15, 0.2) is 0 Å². The van der Waals surface area contributed by atoms with Crippen molar-refractivity contribution in [3.05, 3.63) is 41.5 Å². The largest absolute Gasteiger partial charge is 0.408 e. The molecule has 2 nitrogen and oxygen atoms in total. The first-order valence-corrected chi connectivity index (χ1v) is 10.2. The molecule has 0 amide bonds. The number of unbranched alkanes of at least 4 members (excludes halogenated alkanes) is 3. The number of rotatable bonds is 9. The quantitative estimate of drug-likeness (QED) is 0.514. The second-order valence-corrected chi connectivity index (χ2v) is 9.41. The Hall–Kier alpha value is -1.14. The minimum atomic E-state index is -4.51. The molecule has 0 aliphatic carbocycles. The lowest BCUT2D eigenvalue weighted by atomic mass is 9.97. The van der Waals surface area contributed by atoms with Crippen LogP contribution in [0.2, 0.25) is 0 Å². The van der Waals surface area contributed by atoms with E-state index in [1.54, 1.807) is 51.1 Å². The molecule has 0 fully saturated rings. The molecule has 6 heteroatoms. The van der Waals surface area contributed by atoms with E-state index in [1.165, 1.54) is 0 Å². The Morgan fingerprint density at radius 3 is 2.23 bits per heavy atom. The summed E-state index contributed by atoms with van der Waals surface area (Å²) in [4.78, 5) is 0. The Morgan fingerprint density at radius 1 is 1.12 bits per heavy atom. The molecular weight excluding hydrogens is 359 g/mol. The summed E-state index contributed by atoms with van der Waals surface area (Å²) in [7, 11) is -1.81. The van der Waals surface area contributed by atoms with E-state index >= 15 is 0 Å². The molecule has 1 N–H and O–H groups in total. The van der Waals surface area contributed by atoms with Crippen molar-refractivity contribution in [3.8, 4) is 0 Å². The number of alkyl halides is 3. The summed E-state index contributed by atoms with van der Waals surface area (Å²) in [5.74, 6) is 0. The van der Waals surface area contributed by atoms with Gasteiger partial charge >= 0.3 is 6.18 Å². The van der Waals surface area contributed by atoms with Crippen LogP contribution in [0.25, 0.3) is 6.08 Å². The molecule has 26 heavy (non-hydrogen) atoms. The third kappa shape index (κ3) is 8.04. The normalized spacial score (nSPS) is 15.7. The molecule has 0 saturated carbocycles. The van der Waals surface area contributed by atoms with Crippen molar-refractivity contribution < 1.29 is 17.4 Å². The predicted molar refractivity (Wildman–Crippen MR) is 104 cm³/mol. The molecule has 0 saturated heterocycles. The number of hydrogen-bond acceptors (Lipinski definition) is 1. The highest BCUT2D eigenvalue weighted by Gasteiger charge is 2.43. The van der Waals surface area contributed by atoms with Crippen LogP contribution in [0.4, 0.5) is 13.2 Å². The molecule has 0 radical (unpaired) electrons. The summed E-state index contributed by atoms with van der Waals surface area (Å²) in [5, 5.41) is 0. The van der Waals surface area contributed by atoms with Gasteiger partial charge in [0.2, 0.25) is 0 Å². The molecule has 1 rings (SSSR count). The SMILES string of the molecule is CCCCCC/C(=C/c1ccccc1)[C@H](NS(=O)C(C)(C)C)C(F)(F)F. The maximum atomic E-state index is 13.8. The van der Waals surface area contributed by atoms with Gasteiger partial charge in [-0.3, -0.25) is 0 Å². The maximum Gasteiger partial charge on any atom is 0.408 e. The minimum absolute atomic E-state index is 0.234. The molecule has 1 aromatic carbocycles. The van der Waals surface area contributed by atoms with Crippen LogP contribution in [0.5, 0.6) is 0 Å². The Labute approximate surface area is 157 Å². The predicted octanol–water partition coefficient (Wildman–Crippen LogP) is 6.02. The zero-order valence-corrected chi connectivity index (χ0v) is 16.8. The standard InChI is InChI=1S/C20H30F3NOS/c1-5-6-7-11-14-17(15-16-12-9-8-10-13-16)18(20(21,22)23)24-26(25)19(2,3)4/h8-10,12-13,15,18,24H,5-7,11,14H2,1-4H3/b17-15-/t18-,26?/m0/s1. The molecule has 0 aromatic heterocycles. The summed E-state index contributed by atoms with van der Waals surface area (Å²) in [6.45, 7) is 7.04. The van der Waals surface area contributed by atoms with Gasteiger partial charge in [-0.25, -0.2) is 8.93 Å². The van der Waals surface area contributed by atoms with Crippen molar-refractivity contribution in [2.45, 2.75) is 76.8 Å². The van der Waals surface area contributed by atoms with E-state index in [1.807, 2.05) is 6.07 Å². The van der Waals surface area contributed by atoms with Crippen LogP contribution < -0.4 is 4.72 Å². The Morgan fingerprint density at radius 2 is 1.73 bits per heavy atom. The zero-order chi connectivity index (χ0) is 19.8. The van der Waals surface area contributed by atoms with Gasteiger partial charge in [-0.1, -0.05) is 62.6 Å². The van der Waals surface area contributed by atoms with Crippen molar-refractivity contribution in [3.63, 3.8) is 0 Å². The van der Waals surface area contributed by atoms with E-state index in [-0.39, 0.29) is 5.57 Å². The summed E-state index contributed by atoms with van der Waals surface area (Å²) in [6, 6.07) is 7.06. The Balaban J connectivity index is 3.15. The number of nitrogens with one attached hydrogen (secondary N) is 1. The lowest BCUT2D eigenvalue weighted by Gasteiger charge is -2.28. The highest BCUT2D eigenvalue weighted by molar-refractivity contribution is 7.84. The van der Waals surface area contributed by atoms with Crippen LogP contribution in [-0.4, -0.2) is 21.2 Å². The van der Waals surface area contributed by atoms with Crippen LogP contribution >= 0.6 is 0 Å². The first-order valence-electron chi connectivity index (χ1n) is 9.06. The Kier molecular flexibility index (Phi) is 9.04. The topological polar surface area (TPSA) is 29.1 Å². The molecular formula is C20H30F3NOS. The average molecular weight is 390 g/mol. The van der Waals surface area contributed by atoms with Crippen molar-refractivity contribution in [2.24, 2.45) is 0 Å². The smallest absolute Gasteiger partial charge is 0.242 e. The second kappa shape index (κ2) is 10.3. The van der Waals surface area contributed by atoms with Crippen LogP contribution in [0.1, 0.15) is 65.4 Å². The molecule has 0 spiro atoms. The van der Waals surface area contributed by atoms with Crippen molar-refractivity contribution in [2.75, 3.05) is 0 Å². The molecule has 0 bridgehead atoms. The van der Waals surface area contributed by atoms with Crippen LogP contribution in [0.15, 0.2) is 35.9 Å². The monoisotopic (exact) mass is 389 g/mol. The molecule has 1 aromatic rings. The van der Waals surface area contributed by atoms with Gasteiger partial charge in [0, 0.05) is 0 Å². The van der Waals surface area contributed by atoms with E-state index in [4.69, 9.17) is 0 Å². The van der Waals surface area contributed by atoms with Gasteiger partial charge in [0.05, 0.1) is 15.7 Å². The molecule has 0 aliphatic heterocycles. The lowest BCUT2D eigenvalue weighted by molar-refractivity contribution is -0.142. The first kappa shape index (κ1) is 22.9. The van der Waals surface area contributed by atoms with Crippen molar-refractivity contribution in [1.29, 1.82) is 0 Å². The summed E-state index contributed by atoms with van der Waals surface area (Å²) < 4.78 is 55.2. The number of benzene rings is 1. The maximum absolute atomic E-state index is 13.8.